The number of hydrogen-bond donors (Lipinski definition) is 1. The zero-order valence-electron chi connectivity index (χ0n) is 14.6. The van der Waals surface area contributed by atoms with Crippen molar-refractivity contribution in [3.05, 3.63) is 11.1 Å². The van der Waals surface area contributed by atoms with E-state index < -0.39 is 23.2 Å². The topological polar surface area (TPSA) is 83.9 Å². The lowest BCUT2D eigenvalue weighted by Crippen LogP contribution is -2.41. The monoisotopic (exact) mass is 355 g/mol. The van der Waals surface area contributed by atoms with Crippen molar-refractivity contribution < 1.29 is 24.2 Å². The molecule has 0 aromatic rings. The van der Waals surface area contributed by atoms with Crippen molar-refractivity contribution in [1.82, 2.24) is 4.90 Å². The summed E-state index contributed by atoms with van der Waals surface area (Å²) in [5.74, 6) is -1.61. The van der Waals surface area contributed by atoms with Gasteiger partial charge in [0.1, 0.15) is 5.37 Å². The van der Waals surface area contributed by atoms with E-state index in [0.29, 0.717) is 18.7 Å². The first kappa shape index (κ1) is 19.0. The van der Waals surface area contributed by atoms with Crippen LogP contribution >= 0.6 is 11.8 Å². The van der Waals surface area contributed by atoms with Crippen LogP contribution in [-0.2, 0) is 19.1 Å². The van der Waals surface area contributed by atoms with Gasteiger partial charge in [-0.2, -0.15) is 0 Å². The van der Waals surface area contributed by atoms with Gasteiger partial charge in [0, 0.05) is 29.7 Å². The first-order chi connectivity index (χ1) is 11.2. The third-order valence-corrected chi connectivity index (χ3v) is 5.21. The predicted molar refractivity (Wildman–Crippen MR) is 91.7 cm³/mol. The molecule has 0 bridgehead atoms. The summed E-state index contributed by atoms with van der Waals surface area (Å²) in [6.07, 6.45) is 3.20. The number of carboxylic acid groups (broad SMARTS) is 1. The molecule has 2 rings (SSSR count). The number of Topliss-reactive ketones (excluding diaryl/α,β-unsaturated/α-hetero) is 1. The molecule has 134 valence electrons. The molecule has 1 amide bonds. The number of rotatable bonds is 6. The molecule has 1 fully saturated rings. The number of aliphatic carboxylic acids is 1. The lowest BCUT2D eigenvalue weighted by atomic mass is 9.84. The Hall–Kier alpha value is -1.34. The Morgan fingerprint density at radius 3 is 2.50 bits per heavy atom. The summed E-state index contributed by atoms with van der Waals surface area (Å²) in [5.41, 5.74) is -0.201. The highest BCUT2D eigenvalue weighted by molar-refractivity contribution is 7.99. The van der Waals surface area contributed by atoms with Crippen molar-refractivity contribution in [2.45, 2.75) is 51.5 Å². The van der Waals surface area contributed by atoms with E-state index in [1.54, 1.807) is 25.7 Å². The van der Waals surface area contributed by atoms with Crippen molar-refractivity contribution in [2.75, 3.05) is 19.4 Å². The number of carboxylic acids is 1. The van der Waals surface area contributed by atoms with E-state index >= 15 is 0 Å². The Morgan fingerprint density at radius 2 is 2.04 bits per heavy atom. The molecule has 0 unspecified atom stereocenters. The summed E-state index contributed by atoms with van der Waals surface area (Å²) in [5, 5.41) is 8.73. The fraction of sp³-hybridized carbons (Fsp3) is 0.706. The van der Waals surface area contributed by atoms with Crippen LogP contribution in [0.2, 0.25) is 0 Å². The van der Waals surface area contributed by atoms with Crippen LogP contribution in [0.5, 0.6) is 0 Å². The molecule has 0 saturated carbocycles. The zero-order valence-corrected chi connectivity index (χ0v) is 15.4. The second kappa shape index (κ2) is 7.27. The zero-order chi connectivity index (χ0) is 18.1. The van der Waals surface area contributed by atoms with Crippen LogP contribution < -0.4 is 0 Å². The number of ketones is 1. The minimum atomic E-state index is -1.10. The Kier molecular flexibility index (Phi) is 5.75. The average Bonchev–Trinajstić information content (AvgIpc) is 3.07. The molecule has 0 aliphatic carbocycles. The van der Waals surface area contributed by atoms with Crippen molar-refractivity contribution in [2.24, 2.45) is 5.41 Å². The van der Waals surface area contributed by atoms with Gasteiger partial charge in [0.05, 0.1) is 12.5 Å². The largest absolute Gasteiger partial charge is 0.481 e. The van der Waals surface area contributed by atoms with Crippen molar-refractivity contribution >= 4 is 29.4 Å². The van der Waals surface area contributed by atoms with E-state index in [4.69, 9.17) is 4.74 Å². The van der Waals surface area contributed by atoms with E-state index in [2.05, 4.69) is 0 Å². The molecule has 7 heteroatoms. The second-order valence-corrected chi connectivity index (χ2v) is 8.14. The number of carbonyl (C=O) groups is 3. The van der Waals surface area contributed by atoms with Gasteiger partial charge in [-0.1, -0.05) is 20.8 Å². The summed E-state index contributed by atoms with van der Waals surface area (Å²) in [7, 11) is 0. The van der Waals surface area contributed by atoms with E-state index in [9.17, 15) is 19.5 Å². The van der Waals surface area contributed by atoms with Crippen LogP contribution in [0.1, 0.15) is 40.0 Å². The highest BCUT2D eigenvalue weighted by Gasteiger charge is 2.45. The molecule has 2 heterocycles. The summed E-state index contributed by atoms with van der Waals surface area (Å²) in [6.45, 7) is 6.43. The summed E-state index contributed by atoms with van der Waals surface area (Å²) < 4.78 is 5.61. The van der Waals surface area contributed by atoms with Crippen LogP contribution in [0.4, 0.5) is 0 Å². The van der Waals surface area contributed by atoms with Gasteiger partial charge in [0.25, 0.3) is 5.91 Å². The van der Waals surface area contributed by atoms with E-state index in [-0.39, 0.29) is 23.4 Å². The lowest BCUT2D eigenvalue weighted by Gasteiger charge is -2.29. The Bertz CT molecular complexity index is 572. The number of carbonyl (C=O) groups excluding carboxylic acids is 2. The minimum Gasteiger partial charge on any atom is -0.481 e. The van der Waals surface area contributed by atoms with Gasteiger partial charge in [-0.25, -0.2) is 0 Å². The summed E-state index contributed by atoms with van der Waals surface area (Å²) >= 11 is 1.39. The maximum Gasteiger partial charge on any atom is 0.308 e. The Labute approximate surface area is 146 Å². The Balaban J connectivity index is 2.38. The molecule has 0 aromatic heterocycles. The first-order valence-electron chi connectivity index (χ1n) is 8.11. The third kappa shape index (κ3) is 3.83. The van der Waals surface area contributed by atoms with Crippen LogP contribution in [-0.4, -0.2) is 58.6 Å². The quantitative estimate of drug-likeness (QED) is 0.785. The molecule has 1 saturated heterocycles. The van der Waals surface area contributed by atoms with Crippen molar-refractivity contribution in [3.8, 4) is 0 Å². The highest BCUT2D eigenvalue weighted by Crippen LogP contribution is 2.38. The molecule has 24 heavy (non-hydrogen) atoms. The number of ether oxygens (including phenoxy) is 1. The van der Waals surface area contributed by atoms with E-state index in [1.807, 2.05) is 6.26 Å². The van der Waals surface area contributed by atoms with Gasteiger partial charge in [-0.15, -0.1) is 11.8 Å². The van der Waals surface area contributed by atoms with Crippen LogP contribution in [0, 0.1) is 5.41 Å². The molecule has 0 aromatic carbocycles. The van der Waals surface area contributed by atoms with Crippen LogP contribution in [0.25, 0.3) is 0 Å². The smallest absolute Gasteiger partial charge is 0.308 e. The maximum absolute atomic E-state index is 12.9. The minimum absolute atomic E-state index is 0.0428. The average molecular weight is 355 g/mol. The van der Waals surface area contributed by atoms with Crippen LogP contribution in [0.15, 0.2) is 11.1 Å². The fourth-order valence-corrected chi connectivity index (χ4v) is 4.03. The number of nitrogens with zero attached hydrogens (tertiary/aromatic N) is 1. The molecular weight excluding hydrogens is 330 g/mol. The maximum atomic E-state index is 12.9. The summed E-state index contributed by atoms with van der Waals surface area (Å²) in [4.78, 5) is 38.5. The molecular formula is C17H25NO5S. The fourth-order valence-electron chi connectivity index (χ4n) is 3.11. The van der Waals surface area contributed by atoms with Gasteiger partial charge >= 0.3 is 5.97 Å². The predicted octanol–water partition coefficient (Wildman–Crippen LogP) is 2.08. The number of amides is 1. The molecule has 0 spiro atoms. The van der Waals surface area contributed by atoms with Crippen molar-refractivity contribution in [1.29, 1.82) is 0 Å². The molecule has 2 atom stereocenters. The number of thioether (sulfide) groups is 1. The SMILES string of the molecule is CS[C@@H]1C(C(=O)C(C)(C)C)=C(CC(=O)O)C(=O)N1C[C@@H]1CCCO1. The molecule has 0 radical (unpaired) electrons. The lowest BCUT2D eigenvalue weighted by molar-refractivity contribution is -0.137. The normalized spacial score (nSPS) is 24.8. The molecule has 2 aliphatic heterocycles. The number of hydrogen-bond acceptors (Lipinski definition) is 5. The molecule has 1 N–H and O–H groups in total. The first-order valence-corrected chi connectivity index (χ1v) is 9.40. The van der Waals surface area contributed by atoms with Crippen LogP contribution in [0.3, 0.4) is 0 Å². The van der Waals surface area contributed by atoms with Gasteiger partial charge in [-0.3, -0.25) is 14.4 Å². The second-order valence-electron chi connectivity index (χ2n) is 7.22. The standard InChI is InChI=1S/C17H25NO5S/c1-17(2,3)14(21)13-11(8-12(19)20)15(22)18(16(13)24-4)9-10-6-5-7-23-10/h10,16H,5-9H2,1-4H3,(H,19,20)/t10-,16+/m0/s1. The van der Waals surface area contributed by atoms with Gasteiger partial charge in [0.15, 0.2) is 5.78 Å². The van der Waals surface area contributed by atoms with Gasteiger partial charge < -0.3 is 14.7 Å². The van der Waals surface area contributed by atoms with E-state index in [1.165, 1.54) is 11.8 Å². The summed E-state index contributed by atoms with van der Waals surface area (Å²) in [6, 6.07) is 0. The van der Waals surface area contributed by atoms with Gasteiger partial charge in [-0.05, 0) is 19.1 Å². The highest BCUT2D eigenvalue weighted by atomic mass is 32.2. The van der Waals surface area contributed by atoms with Crippen molar-refractivity contribution in [3.63, 3.8) is 0 Å². The van der Waals surface area contributed by atoms with Gasteiger partial charge in [0.2, 0.25) is 0 Å². The third-order valence-electron chi connectivity index (χ3n) is 4.28. The molecule has 2 aliphatic rings. The molecule has 6 nitrogen and oxygen atoms in total. The Morgan fingerprint density at radius 1 is 1.38 bits per heavy atom. The van der Waals surface area contributed by atoms with E-state index in [0.717, 1.165) is 12.8 Å².